The number of rotatable bonds is 12. The number of methoxy groups -OCH3 is 3. The first-order valence-corrected chi connectivity index (χ1v) is 19.5. The van der Waals surface area contributed by atoms with Gasteiger partial charge in [-0.3, -0.25) is 20.4 Å². The zero-order chi connectivity index (χ0) is 42.0. The third kappa shape index (κ3) is 7.19. The van der Waals surface area contributed by atoms with Gasteiger partial charge >= 0.3 is 0 Å². The van der Waals surface area contributed by atoms with Crippen molar-refractivity contribution >= 4 is 0 Å². The molecule has 0 bridgehead atoms. The first kappa shape index (κ1) is 37.5. The molecule has 4 N–H and O–H groups in total. The van der Waals surface area contributed by atoms with Crippen LogP contribution in [0.5, 0.6) is 17.2 Å². The Labute approximate surface area is 354 Å². The molecule has 0 amide bonds. The van der Waals surface area contributed by atoms with E-state index in [2.05, 4.69) is 65.1 Å². The maximum absolute atomic E-state index is 5.74. The Hall–Kier alpha value is -8.72. The lowest BCUT2D eigenvalue weighted by molar-refractivity contribution is 0.396. The van der Waals surface area contributed by atoms with Crippen LogP contribution in [0.25, 0.3) is 102 Å². The molecular formula is C47H36N12O3. The molecule has 0 aliphatic heterocycles. The molecule has 10 rings (SSSR count). The average Bonchev–Trinajstić information content (AvgIpc) is 4.20. The van der Waals surface area contributed by atoms with Gasteiger partial charge in [-0.25, -0.2) is 19.9 Å². The van der Waals surface area contributed by atoms with Gasteiger partial charge in [0.2, 0.25) is 0 Å². The number of nitrogens with zero attached hydrogens (tertiary/aromatic N) is 8. The number of benzene rings is 6. The minimum absolute atomic E-state index is 0.453. The van der Waals surface area contributed by atoms with Crippen molar-refractivity contribution in [3.63, 3.8) is 0 Å². The SMILES string of the molecule is COc1ccc(-c2n[nH]c(-c3ccc(-c4ccc(-c5nc(-c6cc(-c7n[nH]c(-c8ccccc8)n7)c(OC)cc6OC)n[nH]5)cc4)cc3)n2)cc1-c1n[nH]c(-c2ccccc2)n1. The van der Waals surface area contributed by atoms with E-state index in [0.717, 1.165) is 44.5 Å². The zero-order valence-electron chi connectivity index (χ0n) is 33.6. The van der Waals surface area contributed by atoms with Crippen molar-refractivity contribution in [1.29, 1.82) is 0 Å². The third-order valence-corrected chi connectivity index (χ3v) is 10.4. The van der Waals surface area contributed by atoms with Gasteiger partial charge in [0.05, 0.1) is 38.0 Å². The Bertz CT molecular complexity index is 3140. The van der Waals surface area contributed by atoms with Gasteiger partial charge in [-0.2, -0.15) is 20.4 Å². The molecule has 0 fully saturated rings. The molecule has 6 aromatic carbocycles. The molecule has 62 heavy (non-hydrogen) atoms. The normalized spacial score (nSPS) is 11.1. The Balaban J connectivity index is 0.855. The fourth-order valence-electron chi connectivity index (χ4n) is 7.16. The molecule has 15 nitrogen and oxygen atoms in total. The highest BCUT2D eigenvalue weighted by Gasteiger charge is 2.21. The molecule has 302 valence electrons. The second-order valence-corrected chi connectivity index (χ2v) is 14.1. The summed E-state index contributed by atoms with van der Waals surface area (Å²) in [7, 11) is 4.82. The molecule has 0 saturated heterocycles. The van der Waals surface area contributed by atoms with Gasteiger partial charge in [-0.1, -0.05) is 109 Å². The molecule has 0 aliphatic carbocycles. The molecule has 0 unspecified atom stereocenters. The van der Waals surface area contributed by atoms with Crippen LogP contribution in [0.15, 0.2) is 140 Å². The molecule has 0 atom stereocenters. The van der Waals surface area contributed by atoms with E-state index in [1.807, 2.05) is 109 Å². The van der Waals surface area contributed by atoms with E-state index < -0.39 is 0 Å². The summed E-state index contributed by atoms with van der Waals surface area (Å²) in [5.74, 6) is 6.28. The van der Waals surface area contributed by atoms with Crippen LogP contribution in [-0.2, 0) is 0 Å². The van der Waals surface area contributed by atoms with Crippen LogP contribution in [0.4, 0.5) is 0 Å². The Morgan fingerprint density at radius 1 is 0.306 bits per heavy atom. The topological polar surface area (TPSA) is 194 Å². The number of aromatic amines is 4. The third-order valence-electron chi connectivity index (χ3n) is 10.4. The summed E-state index contributed by atoms with van der Waals surface area (Å²) in [5.41, 5.74) is 8.54. The summed E-state index contributed by atoms with van der Waals surface area (Å²) in [5, 5.41) is 30.3. The van der Waals surface area contributed by atoms with Crippen LogP contribution in [0.1, 0.15) is 0 Å². The minimum Gasteiger partial charge on any atom is -0.496 e. The van der Waals surface area contributed by atoms with Crippen LogP contribution < -0.4 is 14.2 Å². The van der Waals surface area contributed by atoms with Gasteiger partial charge in [0.25, 0.3) is 0 Å². The lowest BCUT2D eigenvalue weighted by Gasteiger charge is -2.11. The van der Waals surface area contributed by atoms with Crippen molar-refractivity contribution in [2.24, 2.45) is 0 Å². The van der Waals surface area contributed by atoms with Gasteiger partial charge < -0.3 is 14.2 Å². The molecule has 0 saturated carbocycles. The molecule has 4 heterocycles. The molecule has 0 aliphatic rings. The number of hydrogen-bond acceptors (Lipinski definition) is 11. The van der Waals surface area contributed by atoms with E-state index in [4.69, 9.17) is 34.1 Å². The molecular weight excluding hydrogens is 781 g/mol. The van der Waals surface area contributed by atoms with E-state index in [1.165, 1.54) is 0 Å². The standard InChI is InChI=1S/C47H36N12O3/c1-60-37-23-22-33(24-34(37)45-49-40(53-57-45)29-10-6-4-7-11-29)44-48-42(52-56-44)31-18-14-27(15-19-31)28-16-20-32(21-17-28)43-51-47(59-55-43)36-25-35(38(61-2)26-39(36)62-3)46-50-41(54-58-46)30-12-8-5-9-13-30/h4-26H,1-3H3,(H,48,52,56)(H,49,53,57)(H,50,54,58)(H,51,55,59). The van der Waals surface area contributed by atoms with Crippen LogP contribution >= 0.6 is 0 Å². The predicted octanol–water partition coefficient (Wildman–Crippen LogP) is 9.19. The van der Waals surface area contributed by atoms with Crippen molar-refractivity contribution in [2.45, 2.75) is 0 Å². The molecule has 4 aromatic heterocycles. The number of nitrogens with one attached hydrogen (secondary N) is 4. The lowest BCUT2D eigenvalue weighted by Crippen LogP contribution is -1.96. The number of H-pyrrole nitrogens is 4. The van der Waals surface area contributed by atoms with Crippen LogP contribution in [0.2, 0.25) is 0 Å². The Kier molecular flexibility index (Phi) is 9.78. The van der Waals surface area contributed by atoms with Crippen molar-refractivity contribution < 1.29 is 14.2 Å². The molecule has 0 radical (unpaired) electrons. The Morgan fingerprint density at radius 3 is 1.06 bits per heavy atom. The lowest BCUT2D eigenvalue weighted by atomic mass is 10.0. The van der Waals surface area contributed by atoms with Gasteiger partial charge in [0.1, 0.15) is 17.2 Å². The van der Waals surface area contributed by atoms with Gasteiger partial charge in [0.15, 0.2) is 46.6 Å². The number of ether oxygens (including phenoxy) is 3. The van der Waals surface area contributed by atoms with Crippen LogP contribution in [0.3, 0.4) is 0 Å². The zero-order valence-corrected chi connectivity index (χ0v) is 33.6. The van der Waals surface area contributed by atoms with Gasteiger partial charge in [0, 0.05) is 33.9 Å². The molecule has 15 heteroatoms. The summed E-state index contributed by atoms with van der Waals surface area (Å²) in [6.07, 6.45) is 0. The van der Waals surface area contributed by atoms with Crippen molar-refractivity contribution in [1.82, 2.24) is 60.7 Å². The Morgan fingerprint density at radius 2 is 0.645 bits per heavy atom. The van der Waals surface area contributed by atoms with Crippen molar-refractivity contribution in [3.8, 4) is 119 Å². The summed E-state index contributed by atoms with van der Waals surface area (Å²) in [4.78, 5) is 19.1. The highest BCUT2D eigenvalue weighted by atomic mass is 16.5. The smallest absolute Gasteiger partial charge is 0.185 e. The van der Waals surface area contributed by atoms with E-state index in [-0.39, 0.29) is 0 Å². The summed E-state index contributed by atoms with van der Waals surface area (Å²) >= 11 is 0. The van der Waals surface area contributed by atoms with Crippen molar-refractivity contribution in [3.05, 3.63) is 140 Å². The maximum Gasteiger partial charge on any atom is 0.185 e. The van der Waals surface area contributed by atoms with Gasteiger partial charge in [-0.05, 0) is 35.4 Å². The van der Waals surface area contributed by atoms with E-state index in [9.17, 15) is 0 Å². The summed E-state index contributed by atoms with van der Waals surface area (Å²) < 4.78 is 17.1. The second-order valence-electron chi connectivity index (χ2n) is 14.1. The second kappa shape index (κ2) is 16.1. The average molecular weight is 817 g/mol. The first-order chi connectivity index (χ1) is 30.5. The monoisotopic (exact) mass is 816 g/mol. The highest BCUT2D eigenvalue weighted by molar-refractivity contribution is 5.79. The molecule has 10 aromatic rings. The van der Waals surface area contributed by atoms with E-state index >= 15 is 0 Å². The number of aromatic nitrogens is 12. The fourth-order valence-corrected chi connectivity index (χ4v) is 7.16. The summed E-state index contributed by atoms with van der Waals surface area (Å²) in [6.45, 7) is 0. The van der Waals surface area contributed by atoms with Crippen LogP contribution in [-0.4, -0.2) is 82.1 Å². The first-order valence-electron chi connectivity index (χ1n) is 19.5. The maximum atomic E-state index is 5.74. The van der Waals surface area contributed by atoms with Crippen molar-refractivity contribution in [2.75, 3.05) is 21.3 Å². The highest BCUT2D eigenvalue weighted by Crippen LogP contribution is 2.40. The summed E-state index contributed by atoms with van der Waals surface area (Å²) in [6, 6.07) is 45.3. The molecule has 0 spiro atoms. The van der Waals surface area contributed by atoms with E-state index in [1.54, 1.807) is 27.4 Å². The van der Waals surface area contributed by atoms with E-state index in [0.29, 0.717) is 75.0 Å². The van der Waals surface area contributed by atoms with Crippen LogP contribution in [0, 0.1) is 0 Å². The van der Waals surface area contributed by atoms with Gasteiger partial charge in [-0.15, -0.1) is 0 Å². The quantitative estimate of drug-likeness (QED) is 0.0918. The number of hydrogen-bond donors (Lipinski definition) is 4. The fraction of sp³-hybridized carbons (Fsp3) is 0.0638. The predicted molar refractivity (Wildman–Crippen MR) is 235 cm³/mol. The largest absolute Gasteiger partial charge is 0.496 e. The minimum atomic E-state index is 0.453.